The molecule has 0 aromatic carbocycles. The molecule has 0 radical (unpaired) electrons. The Morgan fingerprint density at radius 3 is 2.82 bits per heavy atom. The predicted octanol–water partition coefficient (Wildman–Crippen LogP) is 1.78. The standard InChI is InChI=1S/C14H14Cl2N4O2/c15-10-7-11(16)14(19-8-10)18-5-4-17-12(21)9-20-6-2-1-3-13(20)22/h1-3,6-8H,4-5,9H2,(H,17,21)(H,18,19). The summed E-state index contributed by atoms with van der Waals surface area (Å²) in [7, 11) is 0. The highest BCUT2D eigenvalue weighted by Gasteiger charge is 2.04. The van der Waals surface area contributed by atoms with Crippen molar-refractivity contribution in [3.63, 3.8) is 0 Å². The Labute approximate surface area is 137 Å². The summed E-state index contributed by atoms with van der Waals surface area (Å²) >= 11 is 11.7. The predicted molar refractivity (Wildman–Crippen MR) is 86.5 cm³/mol. The maximum Gasteiger partial charge on any atom is 0.250 e. The normalized spacial score (nSPS) is 10.3. The third-order valence-corrected chi connectivity index (χ3v) is 3.26. The first-order valence-electron chi connectivity index (χ1n) is 6.53. The minimum absolute atomic E-state index is 0.0143. The van der Waals surface area contributed by atoms with Gasteiger partial charge < -0.3 is 15.2 Å². The van der Waals surface area contributed by atoms with Gasteiger partial charge in [0, 0.05) is 31.5 Å². The van der Waals surface area contributed by atoms with Crippen LogP contribution in [0.2, 0.25) is 10.0 Å². The first-order valence-corrected chi connectivity index (χ1v) is 7.29. The average molecular weight is 341 g/mol. The molecule has 0 aliphatic rings. The average Bonchev–Trinajstić information content (AvgIpc) is 2.48. The number of pyridine rings is 2. The van der Waals surface area contributed by atoms with Gasteiger partial charge in [-0.05, 0) is 12.1 Å². The van der Waals surface area contributed by atoms with E-state index < -0.39 is 0 Å². The number of aromatic nitrogens is 2. The second kappa shape index (κ2) is 7.82. The van der Waals surface area contributed by atoms with Crippen molar-refractivity contribution in [1.82, 2.24) is 14.9 Å². The van der Waals surface area contributed by atoms with Gasteiger partial charge in [0.15, 0.2) is 0 Å². The zero-order valence-corrected chi connectivity index (χ0v) is 13.1. The molecule has 2 aromatic rings. The summed E-state index contributed by atoms with van der Waals surface area (Å²) in [6, 6.07) is 6.32. The molecular weight excluding hydrogens is 327 g/mol. The second-order valence-corrected chi connectivity index (χ2v) is 5.27. The lowest BCUT2D eigenvalue weighted by atomic mass is 10.4. The molecule has 0 fully saturated rings. The fourth-order valence-corrected chi connectivity index (χ4v) is 2.18. The van der Waals surface area contributed by atoms with Crippen LogP contribution < -0.4 is 16.2 Å². The van der Waals surface area contributed by atoms with E-state index in [4.69, 9.17) is 23.2 Å². The van der Waals surface area contributed by atoms with Gasteiger partial charge in [-0.15, -0.1) is 0 Å². The molecule has 2 N–H and O–H groups in total. The van der Waals surface area contributed by atoms with Crippen molar-refractivity contribution in [3.05, 3.63) is 57.1 Å². The van der Waals surface area contributed by atoms with Crippen molar-refractivity contribution in [2.75, 3.05) is 18.4 Å². The highest BCUT2D eigenvalue weighted by atomic mass is 35.5. The Morgan fingerprint density at radius 2 is 2.09 bits per heavy atom. The number of carbonyl (C=O) groups excluding carboxylic acids is 1. The molecule has 0 bridgehead atoms. The van der Waals surface area contributed by atoms with Crippen molar-refractivity contribution >= 4 is 34.9 Å². The van der Waals surface area contributed by atoms with Crippen molar-refractivity contribution < 1.29 is 4.79 Å². The van der Waals surface area contributed by atoms with Crippen molar-refractivity contribution in [2.24, 2.45) is 0 Å². The summed E-state index contributed by atoms with van der Waals surface area (Å²) in [4.78, 5) is 27.2. The lowest BCUT2D eigenvalue weighted by Crippen LogP contribution is -2.34. The minimum Gasteiger partial charge on any atom is -0.367 e. The molecule has 0 unspecified atom stereocenters. The van der Waals surface area contributed by atoms with Crippen LogP contribution in [0.5, 0.6) is 0 Å². The fraction of sp³-hybridized carbons (Fsp3) is 0.214. The smallest absolute Gasteiger partial charge is 0.250 e. The van der Waals surface area contributed by atoms with E-state index in [0.29, 0.717) is 29.0 Å². The van der Waals surface area contributed by atoms with E-state index in [1.807, 2.05) is 0 Å². The van der Waals surface area contributed by atoms with E-state index in [-0.39, 0.29) is 18.0 Å². The summed E-state index contributed by atoms with van der Waals surface area (Å²) in [6.45, 7) is 0.810. The molecule has 0 aliphatic carbocycles. The van der Waals surface area contributed by atoms with Gasteiger partial charge in [0.1, 0.15) is 12.4 Å². The molecule has 1 amide bonds. The number of hydrogen-bond donors (Lipinski definition) is 2. The van der Waals surface area contributed by atoms with Crippen LogP contribution in [0.25, 0.3) is 0 Å². The van der Waals surface area contributed by atoms with Gasteiger partial charge in [-0.3, -0.25) is 9.59 Å². The molecule has 22 heavy (non-hydrogen) atoms. The minimum atomic E-state index is -0.245. The van der Waals surface area contributed by atoms with Crippen molar-refractivity contribution in [2.45, 2.75) is 6.54 Å². The molecule has 0 spiro atoms. The Hall–Kier alpha value is -2.05. The van der Waals surface area contributed by atoms with Crippen LogP contribution in [0.1, 0.15) is 0 Å². The summed E-state index contributed by atoms with van der Waals surface area (Å²) in [5, 5.41) is 6.55. The first-order chi connectivity index (χ1) is 10.6. The largest absolute Gasteiger partial charge is 0.367 e. The Kier molecular flexibility index (Phi) is 5.80. The molecule has 6 nitrogen and oxygen atoms in total. The number of halogens is 2. The first kappa shape index (κ1) is 16.3. The molecule has 0 atom stereocenters. The third-order valence-electron chi connectivity index (χ3n) is 2.76. The molecule has 116 valence electrons. The maximum absolute atomic E-state index is 11.7. The monoisotopic (exact) mass is 340 g/mol. The van der Waals surface area contributed by atoms with E-state index in [2.05, 4.69) is 15.6 Å². The van der Waals surface area contributed by atoms with Gasteiger partial charge in [-0.25, -0.2) is 4.98 Å². The number of anilines is 1. The Morgan fingerprint density at radius 1 is 1.27 bits per heavy atom. The van der Waals surface area contributed by atoms with Crippen molar-refractivity contribution in [1.29, 1.82) is 0 Å². The third kappa shape index (κ3) is 4.75. The SMILES string of the molecule is O=C(Cn1ccccc1=O)NCCNc1ncc(Cl)cc1Cl. The number of nitrogens with zero attached hydrogens (tertiary/aromatic N) is 2. The van der Waals surface area contributed by atoms with E-state index in [1.165, 1.54) is 16.8 Å². The number of amides is 1. The van der Waals surface area contributed by atoms with Gasteiger partial charge in [0.2, 0.25) is 5.91 Å². The van der Waals surface area contributed by atoms with E-state index in [1.54, 1.807) is 24.4 Å². The molecule has 2 rings (SSSR count). The van der Waals surface area contributed by atoms with Crippen LogP contribution in [-0.2, 0) is 11.3 Å². The zero-order chi connectivity index (χ0) is 15.9. The quantitative estimate of drug-likeness (QED) is 0.786. The highest BCUT2D eigenvalue weighted by Crippen LogP contribution is 2.21. The Balaban J connectivity index is 1.76. The Bertz CT molecular complexity index is 718. The van der Waals surface area contributed by atoms with Crippen LogP contribution >= 0.6 is 23.2 Å². The van der Waals surface area contributed by atoms with Crippen LogP contribution in [-0.4, -0.2) is 28.5 Å². The topological polar surface area (TPSA) is 76.0 Å². The number of rotatable bonds is 6. The molecule has 0 aliphatic heterocycles. The van der Waals surface area contributed by atoms with Crippen LogP contribution in [0.15, 0.2) is 41.5 Å². The van der Waals surface area contributed by atoms with Crippen LogP contribution in [0.3, 0.4) is 0 Å². The second-order valence-electron chi connectivity index (χ2n) is 4.43. The number of nitrogens with one attached hydrogen (secondary N) is 2. The molecule has 0 saturated heterocycles. The summed E-state index contributed by atoms with van der Waals surface area (Å²) < 4.78 is 1.33. The molecule has 2 aromatic heterocycles. The van der Waals surface area contributed by atoms with Gasteiger partial charge in [0.25, 0.3) is 5.56 Å². The lowest BCUT2D eigenvalue weighted by Gasteiger charge is -2.09. The van der Waals surface area contributed by atoms with E-state index in [0.717, 1.165) is 0 Å². The van der Waals surface area contributed by atoms with Gasteiger partial charge >= 0.3 is 0 Å². The van der Waals surface area contributed by atoms with Gasteiger partial charge in [0.05, 0.1) is 10.0 Å². The van der Waals surface area contributed by atoms with Gasteiger partial charge in [-0.1, -0.05) is 29.3 Å². The number of hydrogen-bond acceptors (Lipinski definition) is 4. The number of carbonyl (C=O) groups is 1. The van der Waals surface area contributed by atoms with Crippen molar-refractivity contribution in [3.8, 4) is 0 Å². The van der Waals surface area contributed by atoms with Crippen LogP contribution in [0.4, 0.5) is 5.82 Å². The fourth-order valence-electron chi connectivity index (χ4n) is 1.73. The molecule has 0 saturated carbocycles. The summed E-state index contributed by atoms with van der Waals surface area (Å²) in [6.07, 6.45) is 3.05. The molecule has 8 heteroatoms. The summed E-state index contributed by atoms with van der Waals surface area (Å²) in [5.74, 6) is 0.254. The maximum atomic E-state index is 11.7. The van der Waals surface area contributed by atoms with Crippen LogP contribution in [0, 0.1) is 0 Å². The van der Waals surface area contributed by atoms with E-state index in [9.17, 15) is 9.59 Å². The molecular formula is C14H14Cl2N4O2. The summed E-state index contributed by atoms with van der Waals surface area (Å²) in [5.41, 5.74) is -0.215. The zero-order valence-electron chi connectivity index (χ0n) is 11.6. The highest BCUT2D eigenvalue weighted by molar-refractivity contribution is 6.35. The lowest BCUT2D eigenvalue weighted by molar-refractivity contribution is -0.121. The van der Waals surface area contributed by atoms with E-state index >= 15 is 0 Å². The molecule has 2 heterocycles. The van der Waals surface area contributed by atoms with Gasteiger partial charge in [-0.2, -0.15) is 0 Å².